The Balaban J connectivity index is 2.05. The van der Waals surface area contributed by atoms with Crippen molar-refractivity contribution in [1.29, 1.82) is 0 Å². The molecule has 5 nitrogen and oxygen atoms in total. The van der Waals surface area contributed by atoms with Gasteiger partial charge in [-0.1, -0.05) is 30.0 Å². The number of rotatable bonds is 5. The Morgan fingerprint density at radius 1 is 1.19 bits per heavy atom. The minimum absolute atomic E-state index is 0.0332. The van der Waals surface area contributed by atoms with Gasteiger partial charge < -0.3 is 14.3 Å². The predicted octanol–water partition coefficient (Wildman–Crippen LogP) is 4.27. The van der Waals surface area contributed by atoms with Crippen molar-refractivity contribution in [3.63, 3.8) is 0 Å². The van der Waals surface area contributed by atoms with Gasteiger partial charge in [-0.15, -0.1) is 0 Å². The van der Waals surface area contributed by atoms with Gasteiger partial charge in [0.05, 0.1) is 11.2 Å². The largest absolute Gasteiger partial charge is 0.491 e. The highest BCUT2D eigenvalue weighted by Gasteiger charge is 2.52. The quantitative estimate of drug-likeness (QED) is 0.615. The monoisotopic (exact) mass is 385 g/mol. The summed E-state index contributed by atoms with van der Waals surface area (Å²) >= 11 is 1.22. The molecule has 1 aromatic heterocycles. The van der Waals surface area contributed by atoms with E-state index >= 15 is 0 Å². The number of carbonyl (C=O) groups is 2. The van der Waals surface area contributed by atoms with Gasteiger partial charge in [0.15, 0.2) is 11.4 Å². The number of nitrogens with one attached hydrogen (secondary N) is 1. The van der Waals surface area contributed by atoms with Crippen LogP contribution in [-0.4, -0.2) is 40.5 Å². The molecule has 0 aliphatic carbocycles. The summed E-state index contributed by atoms with van der Waals surface area (Å²) in [6.07, 6.45) is 4.52. The standard InChI is InChI=1S/C20H24BNO4S/c1-13(24)27-12-16(21-25-19(2,3)20(4,5)26-21)9-14-7-6-8-17-18(14)15(11-23)10-22-17/h6-11,22H,12H2,1-5H3. The first-order valence-electron chi connectivity index (χ1n) is 8.89. The van der Waals surface area contributed by atoms with Crippen LogP contribution >= 0.6 is 11.8 Å². The number of aromatic nitrogens is 1. The molecule has 7 heteroatoms. The van der Waals surface area contributed by atoms with Gasteiger partial charge in [0.1, 0.15) is 0 Å². The maximum atomic E-state index is 11.5. The van der Waals surface area contributed by atoms with Crippen LogP contribution in [0.4, 0.5) is 0 Å². The van der Waals surface area contributed by atoms with Gasteiger partial charge in [0, 0.05) is 35.3 Å². The second-order valence-electron chi connectivity index (χ2n) is 7.72. The molecule has 1 saturated heterocycles. The van der Waals surface area contributed by atoms with E-state index in [4.69, 9.17) is 9.31 Å². The number of fused-ring (bicyclic) bond motifs is 1. The van der Waals surface area contributed by atoms with E-state index in [1.807, 2.05) is 52.0 Å². The van der Waals surface area contributed by atoms with Crippen LogP contribution < -0.4 is 0 Å². The SMILES string of the molecule is CC(=O)SCC(=Cc1cccc2[nH]cc(C=O)c12)B1OC(C)(C)C(C)(C)O1. The Labute approximate surface area is 164 Å². The van der Waals surface area contributed by atoms with Crippen molar-refractivity contribution in [3.8, 4) is 0 Å². The zero-order valence-electron chi connectivity index (χ0n) is 16.3. The number of H-pyrrole nitrogens is 1. The first kappa shape index (κ1) is 19.9. The van der Waals surface area contributed by atoms with Crippen LogP contribution in [0, 0.1) is 0 Å². The average molecular weight is 385 g/mol. The van der Waals surface area contributed by atoms with Crippen LogP contribution in [0.25, 0.3) is 17.0 Å². The van der Waals surface area contributed by atoms with Crippen molar-refractivity contribution in [2.75, 3.05) is 5.75 Å². The zero-order chi connectivity index (χ0) is 19.8. The third kappa shape index (κ3) is 3.90. The molecule has 1 fully saturated rings. The smallest absolute Gasteiger partial charge is 0.400 e. The highest BCUT2D eigenvalue weighted by molar-refractivity contribution is 8.13. The minimum atomic E-state index is -0.546. The molecule has 0 spiro atoms. The molecule has 2 aromatic rings. The van der Waals surface area contributed by atoms with Gasteiger partial charge in [-0.05, 0) is 44.8 Å². The summed E-state index contributed by atoms with van der Waals surface area (Å²) in [5.41, 5.74) is 2.31. The topological polar surface area (TPSA) is 68.4 Å². The predicted molar refractivity (Wildman–Crippen MR) is 111 cm³/mol. The molecule has 0 amide bonds. The van der Waals surface area contributed by atoms with Gasteiger partial charge in [-0.3, -0.25) is 9.59 Å². The summed E-state index contributed by atoms with van der Waals surface area (Å²) in [5.74, 6) is 0.462. The fraction of sp³-hybridized carbons (Fsp3) is 0.400. The van der Waals surface area contributed by atoms with Crippen LogP contribution in [-0.2, 0) is 14.1 Å². The van der Waals surface area contributed by atoms with E-state index in [0.717, 1.165) is 28.2 Å². The summed E-state index contributed by atoms with van der Waals surface area (Å²) in [6.45, 7) is 9.55. The van der Waals surface area contributed by atoms with Gasteiger partial charge in [0.2, 0.25) is 0 Å². The maximum absolute atomic E-state index is 11.5. The molecule has 0 unspecified atom stereocenters. The first-order valence-corrected chi connectivity index (χ1v) is 9.88. The molecule has 1 aliphatic heterocycles. The van der Waals surface area contributed by atoms with Crippen LogP contribution in [0.5, 0.6) is 0 Å². The lowest BCUT2D eigenvalue weighted by Crippen LogP contribution is -2.41. The fourth-order valence-electron chi connectivity index (χ4n) is 3.01. The highest BCUT2D eigenvalue weighted by atomic mass is 32.2. The van der Waals surface area contributed by atoms with E-state index in [1.54, 1.807) is 13.1 Å². The number of thioether (sulfide) groups is 1. The Hall–Kier alpha value is -1.83. The molecule has 1 aliphatic rings. The number of hydrogen-bond donors (Lipinski definition) is 1. The number of benzene rings is 1. The molecule has 1 aromatic carbocycles. The van der Waals surface area contributed by atoms with Crippen LogP contribution in [0.1, 0.15) is 50.5 Å². The van der Waals surface area contributed by atoms with Gasteiger partial charge in [0.25, 0.3) is 0 Å². The molecular weight excluding hydrogens is 361 g/mol. The second-order valence-corrected chi connectivity index (χ2v) is 8.87. The molecular formula is C20H24BNO4S. The summed E-state index contributed by atoms with van der Waals surface area (Å²) < 4.78 is 12.4. The third-order valence-corrected chi connectivity index (χ3v) is 6.12. The number of aromatic amines is 1. The number of carbonyl (C=O) groups excluding carboxylic acids is 2. The number of aldehydes is 1. The van der Waals surface area contributed by atoms with Crippen LogP contribution in [0.3, 0.4) is 0 Å². The van der Waals surface area contributed by atoms with Gasteiger partial charge in [-0.2, -0.15) is 0 Å². The van der Waals surface area contributed by atoms with Crippen LogP contribution in [0.15, 0.2) is 29.9 Å². The molecule has 0 saturated carbocycles. The van der Waals surface area contributed by atoms with Crippen LogP contribution in [0.2, 0.25) is 0 Å². The molecule has 1 N–H and O–H groups in total. The third-order valence-electron chi connectivity index (χ3n) is 5.23. The molecule has 0 atom stereocenters. The summed E-state index contributed by atoms with van der Waals surface area (Å²) in [4.78, 5) is 26.1. The van der Waals surface area contributed by atoms with Crippen molar-refractivity contribution in [1.82, 2.24) is 4.98 Å². The van der Waals surface area contributed by atoms with Crippen molar-refractivity contribution < 1.29 is 18.9 Å². The average Bonchev–Trinajstić information content (AvgIpc) is 3.09. The van der Waals surface area contributed by atoms with E-state index in [1.165, 1.54) is 11.8 Å². The molecule has 142 valence electrons. The molecule has 2 heterocycles. The lowest BCUT2D eigenvalue weighted by molar-refractivity contribution is -0.109. The van der Waals surface area contributed by atoms with Crippen molar-refractivity contribution >= 4 is 47.3 Å². The number of hydrogen-bond acceptors (Lipinski definition) is 5. The fourth-order valence-corrected chi connectivity index (χ4v) is 3.60. The Morgan fingerprint density at radius 2 is 1.85 bits per heavy atom. The summed E-state index contributed by atoms with van der Waals surface area (Å²) in [6, 6.07) is 5.81. The molecule has 3 rings (SSSR count). The Kier molecular flexibility index (Phi) is 5.39. The van der Waals surface area contributed by atoms with Gasteiger partial charge >= 0.3 is 7.12 Å². The Morgan fingerprint density at radius 3 is 2.44 bits per heavy atom. The summed E-state index contributed by atoms with van der Waals surface area (Å²) in [5, 5.41) is 0.889. The Bertz CT molecular complexity index is 900. The highest BCUT2D eigenvalue weighted by Crippen LogP contribution is 2.39. The van der Waals surface area contributed by atoms with Crippen molar-refractivity contribution in [2.45, 2.75) is 45.8 Å². The zero-order valence-corrected chi connectivity index (χ0v) is 17.1. The minimum Gasteiger partial charge on any atom is -0.400 e. The second kappa shape index (κ2) is 7.30. The molecule has 27 heavy (non-hydrogen) atoms. The summed E-state index contributed by atoms with van der Waals surface area (Å²) in [7, 11) is -0.546. The normalized spacial score (nSPS) is 18.9. The lowest BCUT2D eigenvalue weighted by atomic mass is 9.78. The molecule has 0 radical (unpaired) electrons. The maximum Gasteiger partial charge on any atom is 0.491 e. The van der Waals surface area contributed by atoms with E-state index in [9.17, 15) is 9.59 Å². The molecule has 0 bridgehead atoms. The lowest BCUT2D eigenvalue weighted by Gasteiger charge is -2.32. The first-order chi connectivity index (χ1) is 12.6. The van der Waals surface area contributed by atoms with Gasteiger partial charge in [-0.25, -0.2) is 0 Å². The van der Waals surface area contributed by atoms with E-state index in [0.29, 0.717) is 11.3 Å². The van der Waals surface area contributed by atoms with E-state index in [-0.39, 0.29) is 5.12 Å². The van der Waals surface area contributed by atoms with Crippen molar-refractivity contribution in [3.05, 3.63) is 41.0 Å². The van der Waals surface area contributed by atoms with E-state index in [2.05, 4.69) is 4.98 Å². The van der Waals surface area contributed by atoms with Crippen molar-refractivity contribution in [2.24, 2.45) is 0 Å². The van der Waals surface area contributed by atoms with E-state index < -0.39 is 18.3 Å².